The van der Waals surface area contributed by atoms with E-state index in [9.17, 15) is 9.59 Å². The summed E-state index contributed by atoms with van der Waals surface area (Å²) < 4.78 is 6.71. The lowest BCUT2D eigenvalue weighted by molar-refractivity contribution is 0.0600. The summed E-state index contributed by atoms with van der Waals surface area (Å²) >= 11 is 0. The van der Waals surface area contributed by atoms with Gasteiger partial charge in [0, 0.05) is 19.3 Å². The molecule has 154 valence electrons. The first-order chi connectivity index (χ1) is 13.1. The van der Waals surface area contributed by atoms with E-state index in [2.05, 4.69) is 39.9 Å². The average Bonchev–Trinajstić information content (AvgIpc) is 3.01. The molecule has 0 fully saturated rings. The van der Waals surface area contributed by atoms with E-state index in [4.69, 9.17) is 4.74 Å². The Hall–Kier alpha value is -2.56. The van der Waals surface area contributed by atoms with E-state index in [-0.39, 0.29) is 11.8 Å². The normalized spacial score (nSPS) is 10.7. The fourth-order valence-electron chi connectivity index (χ4n) is 2.39. The predicted molar refractivity (Wildman–Crippen MR) is 115 cm³/mol. The lowest BCUT2D eigenvalue weighted by Crippen LogP contribution is -2.11. The van der Waals surface area contributed by atoms with Crippen molar-refractivity contribution in [3.8, 4) is 0 Å². The van der Waals surface area contributed by atoms with Crippen LogP contribution in [0.4, 0.5) is 5.82 Å². The maximum atomic E-state index is 11.7. The molecule has 5 heteroatoms. The van der Waals surface area contributed by atoms with Crippen LogP contribution in [0.2, 0.25) is 0 Å². The number of aromatic nitrogens is 1. The zero-order valence-corrected chi connectivity index (χ0v) is 18.3. The number of nitrogens with one attached hydrogen (secondary N) is 1. The third-order valence-electron chi connectivity index (χ3n) is 3.61. The van der Waals surface area contributed by atoms with Crippen molar-refractivity contribution >= 4 is 17.6 Å². The summed E-state index contributed by atoms with van der Waals surface area (Å²) in [5.41, 5.74) is 2.77. The van der Waals surface area contributed by atoms with E-state index in [1.807, 2.05) is 29.0 Å². The summed E-state index contributed by atoms with van der Waals surface area (Å²) in [6.45, 7) is 13.8. The Morgan fingerprint density at radius 3 is 2.11 bits per heavy atom. The number of esters is 1. The summed E-state index contributed by atoms with van der Waals surface area (Å²) in [4.78, 5) is 23.2. The zero-order valence-electron chi connectivity index (χ0n) is 18.3. The average molecular weight is 387 g/mol. The van der Waals surface area contributed by atoms with E-state index < -0.39 is 0 Å². The number of hydrogen-bond donors (Lipinski definition) is 1. The molecule has 0 aliphatic rings. The predicted octanol–water partition coefficient (Wildman–Crippen LogP) is 5.40. The molecule has 5 nitrogen and oxygen atoms in total. The molecule has 0 spiro atoms. The molecule has 0 atom stereocenters. The summed E-state index contributed by atoms with van der Waals surface area (Å²) in [6.07, 6.45) is 2.89. The molecule has 1 aromatic carbocycles. The van der Waals surface area contributed by atoms with E-state index >= 15 is 0 Å². The molecule has 1 N–H and O–H groups in total. The van der Waals surface area contributed by atoms with Crippen molar-refractivity contribution in [1.82, 2.24) is 4.57 Å². The number of rotatable bonds is 7. The Labute approximate surface area is 169 Å². The van der Waals surface area contributed by atoms with Gasteiger partial charge in [-0.1, -0.05) is 46.8 Å². The lowest BCUT2D eigenvalue weighted by Gasteiger charge is -2.13. The third kappa shape index (κ3) is 7.99. The minimum Gasteiger partial charge on any atom is -0.465 e. The molecule has 0 saturated heterocycles. The van der Waals surface area contributed by atoms with Crippen LogP contribution in [0.15, 0.2) is 36.5 Å². The maximum absolute atomic E-state index is 11.7. The highest BCUT2D eigenvalue weighted by Crippen LogP contribution is 2.20. The Bertz CT molecular complexity index is 762. The van der Waals surface area contributed by atoms with Crippen molar-refractivity contribution in [2.45, 2.75) is 54.5 Å². The van der Waals surface area contributed by atoms with Crippen molar-refractivity contribution < 1.29 is 14.3 Å². The molecule has 1 aromatic heterocycles. The zero-order chi connectivity index (χ0) is 21.3. The van der Waals surface area contributed by atoms with E-state index in [0.717, 1.165) is 24.3 Å². The quantitative estimate of drug-likeness (QED) is 0.511. The Morgan fingerprint density at radius 2 is 1.64 bits per heavy atom. The SMILES string of the molecule is CC(C)(C)C.CCCNc1c(C(C)=O)ccn1Cc1ccc(C(=O)OC)cc1. The highest BCUT2D eigenvalue weighted by molar-refractivity contribution is 5.99. The molecule has 0 amide bonds. The van der Waals surface area contributed by atoms with Crippen LogP contribution >= 0.6 is 0 Å². The summed E-state index contributed by atoms with van der Waals surface area (Å²) in [5.74, 6) is 0.543. The monoisotopic (exact) mass is 386 g/mol. The van der Waals surface area contributed by atoms with Crippen LogP contribution in [0.3, 0.4) is 0 Å². The van der Waals surface area contributed by atoms with E-state index in [1.54, 1.807) is 19.1 Å². The summed E-state index contributed by atoms with van der Waals surface area (Å²) in [6, 6.07) is 9.11. The first kappa shape index (κ1) is 23.5. The van der Waals surface area contributed by atoms with E-state index in [1.165, 1.54) is 7.11 Å². The van der Waals surface area contributed by atoms with Crippen molar-refractivity contribution in [2.75, 3.05) is 19.0 Å². The highest BCUT2D eigenvalue weighted by Gasteiger charge is 2.13. The van der Waals surface area contributed by atoms with E-state index in [0.29, 0.717) is 23.1 Å². The number of ketones is 1. The van der Waals surface area contributed by atoms with Gasteiger partial charge in [-0.2, -0.15) is 0 Å². The summed E-state index contributed by atoms with van der Waals surface area (Å²) in [5, 5.41) is 3.32. The number of benzene rings is 1. The number of methoxy groups -OCH3 is 1. The Balaban J connectivity index is 0.000000696. The van der Waals surface area contributed by atoms with Gasteiger partial charge >= 0.3 is 5.97 Å². The number of ether oxygens (including phenoxy) is 1. The fraction of sp³-hybridized carbons (Fsp3) is 0.478. The standard InChI is InChI=1S/C18H22N2O3.C5H12/c1-4-10-19-17-16(13(2)21)9-11-20(17)12-14-5-7-15(8-6-14)18(22)23-3;1-5(2,3)4/h5-9,11,19H,4,10,12H2,1-3H3;1-4H3. The molecular weight excluding hydrogens is 352 g/mol. The number of carbonyl (C=O) groups excluding carboxylic acids is 2. The highest BCUT2D eigenvalue weighted by atomic mass is 16.5. The molecular formula is C23H34N2O3. The molecule has 0 radical (unpaired) electrons. The molecule has 1 heterocycles. The van der Waals surface area contributed by atoms with Gasteiger partial charge in [0.25, 0.3) is 0 Å². The number of hydrogen-bond acceptors (Lipinski definition) is 4. The number of nitrogens with zero attached hydrogens (tertiary/aromatic N) is 1. The summed E-state index contributed by atoms with van der Waals surface area (Å²) in [7, 11) is 1.37. The largest absolute Gasteiger partial charge is 0.465 e. The molecule has 0 aliphatic heterocycles. The number of anilines is 1. The number of Topliss-reactive ketones (excluding diaryl/α,β-unsaturated/α-hetero) is 1. The van der Waals surface area contributed by atoms with Gasteiger partial charge in [-0.3, -0.25) is 4.79 Å². The molecule has 0 unspecified atom stereocenters. The minimum absolute atomic E-state index is 0.0448. The Morgan fingerprint density at radius 1 is 1.07 bits per heavy atom. The van der Waals surface area contributed by atoms with Gasteiger partial charge in [-0.25, -0.2) is 4.79 Å². The molecule has 2 rings (SSSR count). The second-order valence-electron chi connectivity index (χ2n) is 8.38. The van der Waals surface area contributed by atoms with Gasteiger partial charge in [-0.15, -0.1) is 0 Å². The van der Waals surface area contributed by atoms with Crippen LogP contribution in [0.5, 0.6) is 0 Å². The van der Waals surface area contributed by atoms with Gasteiger partial charge in [0.05, 0.1) is 18.2 Å². The van der Waals surface area contributed by atoms with Crippen molar-refractivity contribution in [2.24, 2.45) is 5.41 Å². The van der Waals surface area contributed by atoms with Crippen LogP contribution in [0.25, 0.3) is 0 Å². The van der Waals surface area contributed by atoms with Crippen molar-refractivity contribution in [3.05, 3.63) is 53.2 Å². The topological polar surface area (TPSA) is 60.3 Å². The minimum atomic E-state index is -0.346. The molecule has 28 heavy (non-hydrogen) atoms. The smallest absolute Gasteiger partial charge is 0.337 e. The molecule has 0 saturated carbocycles. The van der Waals surface area contributed by atoms with Crippen LogP contribution in [-0.4, -0.2) is 30.0 Å². The van der Waals surface area contributed by atoms with Crippen molar-refractivity contribution in [3.63, 3.8) is 0 Å². The second-order valence-corrected chi connectivity index (χ2v) is 8.38. The van der Waals surface area contributed by atoms with Crippen LogP contribution in [-0.2, 0) is 11.3 Å². The van der Waals surface area contributed by atoms with Crippen LogP contribution < -0.4 is 5.32 Å². The van der Waals surface area contributed by atoms with Gasteiger partial charge in [0.1, 0.15) is 5.82 Å². The number of carbonyl (C=O) groups is 2. The maximum Gasteiger partial charge on any atom is 0.337 e. The van der Waals surface area contributed by atoms with Gasteiger partial charge in [0.2, 0.25) is 0 Å². The first-order valence-electron chi connectivity index (χ1n) is 9.68. The lowest BCUT2D eigenvalue weighted by atomic mass is 10.0. The van der Waals surface area contributed by atoms with Gasteiger partial charge in [0.15, 0.2) is 5.78 Å². The van der Waals surface area contributed by atoms with Gasteiger partial charge < -0.3 is 14.6 Å². The first-order valence-corrected chi connectivity index (χ1v) is 9.68. The fourth-order valence-corrected chi connectivity index (χ4v) is 2.39. The molecule has 0 aliphatic carbocycles. The van der Waals surface area contributed by atoms with Crippen LogP contribution in [0.1, 0.15) is 74.2 Å². The van der Waals surface area contributed by atoms with Gasteiger partial charge in [-0.05, 0) is 42.5 Å². The van der Waals surface area contributed by atoms with Crippen molar-refractivity contribution in [1.29, 1.82) is 0 Å². The Kier molecular flexibility index (Phi) is 8.97. The third-order valence-corrected chi connectivity index (χ3v) is 3.61. The van der Waals surface area contributed by atoms with Crippen LogP contribution in [0, 0.1) is 5.41 Å². The second kappa shape index (κ2) is 10.7. The molecule has 0 bridgehead atoms. The molecule has 2 aromatic rings.